The molecule has 19 heavy (non-hydrogen) atoms. The predicted molar refractivity (Wildman–Crippen MR) is 74.8 cm³/mol. The summed E-state index contributed by atoms with van der Waals surface area (Å²) in [7, 11) is 0. The Hall–Kier alpha value is -2.10. The van der Waals surface area contributed by atoms with Crippen LogP contribution in [0.2, 0.25) is 0 Å². The normalized spacial score (nSPS) is 10.8. The molecule has 1 aromatic heterocycles. The second kappa shape index (κ2) is 5.26. The molecule has 0 saturated carbocycles. The van der Waals surface area contributed by atoms with Crippen molar-refractivity contribution in [3.63, 3.8) is 0 Å². The summed E-state index contributed by atoms with van der Waals surface area (Å²) in [6.07, 6.45) is 1.70. The van der Waals surface area contributed by atoms with Gasteiger partial charge >= 0.3 is 5.97 Å². The lowest BCUT2D eigenvalue weighted by atomic mass is 10.1. The number of carboxylic acid groups (broad SMARTS) is 1. The van der Waals surface area contributed by atoms with Gasteiger partial charge in [-0.3, -0.25) is 4.79 Å². The van der Waals surface area contributed by atoms with Crippen LogP contribution in [0.1, 0.15) is 35.8 Å². The Morgan fingerprint density at radius 1 is 1.32 bits per heavy atom. The zero-order valence-electron chi connectivity index (χ0n) is 11.1. The summed E-state index contributed by atoms with van der Waals surface area (Å²) in [4.78, 5) is 23.7. The summed E-state index contributed by atoms with van der Waals surface area (Å²) in [5, 5.41) is 10.5. The third-order valence-corrected chi connectivity index (χ3v) is 3.22. The maximum atomic E-state index is 12.4. The zero-order valence-corrected chi connectivity index (χ0v) is 11.1. The summed E-state index contributed by atoms with van der Waals surface area (Å²) in [5.74, 6) is -1.06. The molecule has 0 aliphatic carbocycles. The number of aromatic nitrogens is 1. The molecule has 0 bridgehead atoms. The highest BCUT2D eigenvalue weighted by molar-refractivity contribution is 5.92. The van der Waals surface area contributed by atoms with Crippen LogP contribution in [-0.4, -0.2) is 15.6 Å². The number of aromatic carboxylic acids is 1. The van der Waals surface area contributed by atoms with Crippen molar-refractivity contribution in [1.82, 2.24) is 4.57 Å². The fourth-order valence-electron chi connectivity index (χ4n) is 2.18. The van der Waals surface area contributed by atoms with E-state index in [1.54, 1.807) is 12.1 Å². The van der Waals surface area contributed by atoms with Gasteiger partial charge in [0.05, 0.1) is 0 Å². The van der Waals surface area contributed by atoms with E-state index in [4.69, 9.17) is 0 Å². The van der Waals surface area contributed by atoms with Crippen LogP contribution in [0.25, 0.3) is 10.8 Å². The average Bonchev–Trinajstić information content (AvgIpc) is 2.38. The Labute approximate surface area is 111 Å². The molecule has 0 radical (unpaired) electrons. The minimum atomic E-state index is -1.06. The lowest BCUT2D eigenvalue weighted by Gasteiger charge is -2.11. The molecule has 1 N–H and O–H groups in total. The highest BCUT2D eigenvalue weighted by atomic mass is 16.4. The maximum absolute atomic E-state index is 12.4. The Morgan fingerprint density at radius 3 is 2.68 bits per heavy atom. The number of nitrogens with zero attached hydrogens (tertiary/aromatic N) is 1. The van der Waals surface area contributed by atoms with E-state index in [1.165, 1.54) is 4.57 Å². The van der Waals surface area contributed by atoms with Crippen LogP contribution < -0.4 is 5.56 Å². The van der Waals surface area contributed by atoms with Crippen molar-refractivity contribution in [3.8, 4) is 0 Å². The van der Waals surface area contributed by atoms with Gasteiger partial charge in [0, 0.05) is 11.9 Å². The third kappa shape index (κ3) is 2.52. The predicted octanol–water partition coefficient (Wildman–Crippen LogP) is 2.81. The Balaban J connectivity index is 2.74. The number of carboxylic acids is 1. The first-order valence-corrected chi connectivity index (χ1v) is 6.42. The van der Waals surface area contributed by atoms with Gasteiger partial charge in [-0.05, 0) is 30.9 Å². The number of carbonyl (C=O) groups is 1. The molecule has 4 nitrogen and oxygen atoms in total. The van der Waals surface area contributed by atoms with Gasteiger partial charge < -0.3 is 9.67 Å². The molecule has 0 fully saturated rings. The van der Waals surface area contributed by atoms with Gasteiger partial charge in [0.15, 0.2) is 0 Å². The van der Waals surface area contributed by atoms with Gasteiger partial charge in [0.2, 0.25) is 0 Å². The number of hydrogen-bond donors (Lipinski definition) is 1. The summed E-state index contributed by atoms with van der Waals surface area (Å²) in [6, 6.07) is 7.06. The van der Waals surface area contributed by atoms with E-state index >= 15 is 0 Å². The van der Waals surface area contributed by atoms with Gasteiger partial charge in [-0.15, -0.1) is 0 Å². The smallest absolute Gasteiger partial charge is 0.352 e. The maximum Gasteiger partial charge on any atom is 0.352 e. The summed E-state index contributed by atoms with van der Waals surface area (Å²) in [6.45, 7) is 4.37. The van der Waals surface area contributed by atoms with Crippen molar-refractivity contribution in [2.24, 2.45) is 0 Å². The van der Waals surface area contributed by atoms with Crippen LogP contribution in [0.3, 0.4) is 0 Å². The number of unbranched alkanes of at least 4 members (excludes halogenated alkanes) is 1. The minimum absolute atomic E-state index is 0.0646. The van der Waals surface area contributed by atoms with E-state index in [0.29, 0.717) is 17.3 Å². The van der Waals surface area contributed by atoms with Crippen LogP contribution in [0.4, 0.5) is 0 Å². The van der Waals surface area contributed by atoms with Gasteiger partial charge in [-0.1, -0.05) is 31.0 Å². The van der Waals surface area contributed by atoms with E-state index in [0.717, 1.165) is 18.4 Å². The lowest BCUT2D eigenvalue weighted by molar-refractivity contribution is 0.0683. The van der Waals surface area contributed by atoms with Crippen molar-refractivity contribution < 1.29 is 9.90 Å². The summed E-state index contributed by atoms with van der Waals surface area (Å²) < 4.78 is 1.37. The first-order chi connectivity index (χ1) is 9.04. The number of fused-ring (bicyclic) bond motifs is 1. The molecule has 0 aliphatic rings. The zero-order chi connectivity index (χ0) is 14.0. The van der Waals surface area contributed by atoms with Crippen LogP contribution in [0, 0.1) is 6.92 Å². The van der Waals surface area contributed by atoms with Gasteiger partial charge in [0.1, 0.15) is 5.69 Å². The molecule has 0 atom stereocenters. The molecule has 0 spiro atoms. The number of rotatable bonds is 4. The standard InChI is InChI=1S/C15H17NO3/c1-3-4-7-16-13(15(18)19)9-11-6-5-10(2)8-12(11)14(16)17/h5-6,8-9H,3-4,7H2,1-2H3,(H,18,19). The number of pyridine rings is 1. The minimum Gasteiger partial charge on any atom is -0.477 e. The topological polar surface area (TPSA) is 59.3 Å². The molecule has 2 rings (SSSR count). The first-order valence-electron chi connectivity index (χ1n) is 6.42. The van der Waals surface area contributed by atoms with Crippen LogP contribution in [0.15, 0.2) is 29.1 Å². The Bertz CT molecular complexity index is 686. The molecule has 100 valence electrons. The fourth-order valence-corrected chi connectivity index (χ4v) is 2.18. The van der Waals surface area contributed by atoms with Crippen molar-refractivity contribution in [3.05, 3.63) is 45.9 Å². The number of hydrogen-bond acceptors (Lipinski definition) is 2. The molecule has 2 aromatic rings. The molecular weight excluding hydrogens is 242 g/mol. The second-order valence-electron chi connectivity index (χ2n) is 4.74. The van der Waals surface area contributed by atoms with E-state index in [2.05, 4.69) is 0 Å². The second-order valence-corrected chi connectivity index (χ2v) is 4.74. The van der Waals surface area contributed by atoms with E-state index in [1.807, 2.05) is 26.0 Å². The summed E-state index contributed by atoms with van der Waals surface area (Å²) in [5.41, 5.74) is 0.844. The number of aryl methyl sites for hydroxylation is 1. The van der Waals surface area contributed by atoms with Gasteiger partial charge in [-0.25, -0.2) is 4.79 Å². The first kappa shape index (κ1) is 13.3. The Kier molecular flexibility index (Phi) is 3.69. The van der Waals surface area contributed by atoms with Crippen LogP contribution in [0.5, 0.6) is 0 Å². The molecule has 1 aromatic carbocycles. The molecule has 0 amide bonds. The van der Waals surface area contributed by atoms with E-state index in [-0.39, 0.29) is 11.3 Å². The van der Waals surface area contributed by atoms with Gasteiger partial charge in [-0.2, -0.15) is 0 Å². The quantitative estimate of drug-likeness (QED) is 0.918. The monoisotopic (exact) mass is 259 g/mol. The van der Waals surface area contributed by atoms with E-state index < -0.39 is 5.97 Å². The molecule has 0 unspecified atom stereocenters. The SMILES string of the molecule is CCCCn1c(C(=O)O)cc2ccc(C)cc2c1=O. The Morgan fingerprint density at radius 2 is 2.05 bits per heavy atom. The molecule has 0 aliphatic heterocycles. The lowest BCUT2D eigenvalue weighted by Crippen LogP contribution is -2.26. The van der Waals surface area contributed by atoms with Gasteiger partial charge in [0.25, 0.3) is 5.56 Å². The fraction of sp³-hybridized carbons (Fsp3) is 0.333. The highest BCUT2D eigenvalue weighted by Crippen LogP contribution is 2.15. The average molecular weight is 259 g/mol. The third-order valence-electron chi connectivity index (χ3n) is 3.22. The van der Waals surface area contributed by atoms with Crippen LogP contribution in [-0.2, 0) is 6.54 Å². The van der Waals surface area contributed by atoms with Crippen LogP contribution >= 0.6 is 0 Å². The summed E-state index contributed by atoms with van der Waals surface area (Å²) >= 11 is 0. The van der Waals surface area contributed by atoms with Crippen molar-refractivity contribution >= 4 is 16.7 Å². The molecule has 4 heteroatoms. The molecule has 1 heterocycles. The van der Waals surface area contributed by atoms with E-state index in [9.17, 15) is 14.7 Å². The van der Waals surface area contributed by atoms with Crippen molar-refractivity contribution in [1.29, 1.82) is 0 Å². The largest absolute Gasteiger partial charge is 0.477 e. The van der Waals surface area contributed by atoms with Crippen molar-refractivity contribution in [2.45, 2.75) is 33.2 Å². The number of benzene rings is 1. The molecular formula is C15H17NO3. The van der Waals surface area contributed by atoms with Crippen molar-refractivity contribution in [2.75, 3.05) is 0 Å². The molecule has 0 saturated heterocycles. The highest BCUT2D eigenvalue weighted by Gasteiger charge is 2.14.